The zero-order valence-corrected chi connectivity index (χ0v) is 16.9. The van der Waals surface area contributed by atoms with Crippen molar-refractivity contribution in [3.05, 3.63) is 29.6 Å². The molecule has 0 radical (unpaired) electrons. The molecular formula is C24H34FNO. The van der Waals surface area contributed by atoms with E-state index in [0.29, 0.717) is 17.8 Å². The summed E-state index contributed by atoms with van der Waals surface area (Å²) in [6, 6.07) is 6.43. The summed E-state index contributed by atoms with van der Waals surface area (Å²) in [6.45, 7) is 2.96. The van der Waals surface area contributed by atoms with Crippen molar-refractivity contribution in [1.82, 2.24) is 0 Å². The summed E-state index contributed by atoms with van der Waals surface area (Å²) >= 11 is 0. The van der Waals surface area contributed by atoms with Gasteiger partial charge >= 0.3 is 0 Å². The molecule has 148 valence electrons. The van der Waals surface area contributed by atoms with Crippen LogP contribution in [0, 0.1) is 28.0 Å². The first-order valence-corrected chi connectivity index (χ1v) is 10.9. The Balaban J connectivity index is 1.44. The monoisotopic (exact) mass is 371 g/mol. The third kappa shape index (κ3) is 5.03. The Morgan fingerprint density at radius 1 is 0.963 bits per heavy atom. The van der Waals surface area contributed by atoms with E-state index in [1.807, 2.05) is 6.07 Å². The maximum atomic E-state index is 13.8. The second kappa shape index (κ2) is 9.09. The van der Waals surface area contributed by atoms with Gasteiger partial charge in [-0.2, -0.15) is 5.26 Å². The molecule has 3 aliphatic carbocycles. The van der Waals surface area contributed by atoms with Crippen molar-refractivity contribution < 1.29 is 9.13 Å². The lowest BCUT2D eigenvalue weighted by atomic mass is 9.53. The molecule has 3 saturated carbocycles. The smallest absolute Gasteiger partial charge is 0.144 e. The molecule has 1 aromatic carbocycles. The number of rotatable bonds is 10. The molecule has 0 spiro atoms. The van der Waals surface area contributed by atoms with E-state index in [1.165, 1.54) is 95.6 Å². The van der Waals surface area contributed by atoms with E-state index in [4.69, 9.17) is 10.00 Å². The highest BCUT2D eigenvalue weighted by atomic mass is 19.1. The fourth-order valence-corrected chi connectivity index (χ4v) is 5.13. The maximum absolute atomic E-state index is 13.8. The first kappa shape index (κ1) is 20.2. The van der Waals surface area contributed by atoms with E-state index >= 15 is 0 Å². The van der Waals surface area contributed by atoms with Crippen molar-refractivity contribution in [3.8, 4) is 11.8 Å². The minimum absolute atomic E-state index is 0.0790. The summed E-state index contributed by atoms with van der Waals surface area (Å²) in [5, 5.41) is 8.84. The van der Waals surface area contributed by atoms with Gasteiger partial charge in [-0.25, -0.2) is 4.39 Å². The van der Waals surface area contributed by atoms with Crippen LogP contribution < -0.4 is 4.74 Å². The highest BCUT2D eigenvalue weighted by Crippen LogP contribution is 2.58. The van der Waals surface area contributed by atoms with Crippen LogP contribution in [0.5, 0.6) is 5.75 Å². The van der Waals surface area contributed by atoms with Crippen molar-refractivity contribution in [3.63, 3.8) is 0 Å². The summed E-state index contributed by atoms with van der Waals surface area (Å²) in [5.41, 5.74) is 0.968. The number of fused-ring (bicyclic) bond motifs is 3. The van der Waals surface area contributed by atoms with Crippen LogP contribution in [0.15, 0.2) is 18.2 Å². The van der Waals surface area contributed by atoms with Gasteiger partial charge in [0.05, 0.1) is 12.2 Å². The van der Waals surface area contributed by atoms with E-state index in [1.54, 1.807) is 6.07 Å². The molecule has 0 heterocycles. The van der Waals surface area contributed by atoms with Crippen LogP contribution in [-0.4, -0.2) is 6.61 Å². The van der Waals surface area contributed by atoms with E-state index < -0.39 is 5.82 Å². The molecule has 27 heavy (non-hydrogen) atoms. The maximum Gasteiger partial charge on any atom is 0.144 e. The Hall–Kier alpha value is -1.56. The largest absolute Gasteiger partial charge is 0.493 e. The third-order valence-corrected chi connectivity index (χ3v) is 7.22. The summed E-state index contributed by atoms with van der Waals surface area (Å²) in [6.07, 6.45) is 17.5. The summed E-state index contributed by atoms with van der Waals surface area (Å²) < 4.78 is 19.7. The SMILES string of the molecule is CCCCCCCCC12CCC(COc3ccc(C#N)c(F)c3)(CC1)CC2. The molecular weight excluding hydrogens is 337 g/mol. The Morgan fingerprint density at radius 2 is 1.59 bits per heavy atom. The Morgan fingerprint density at radius 3 is 2.22 bits per heavy atom. The van der Waals surface area contributed by atoms with Gasteiger partial charge in [-0.15, -0.1) is 0 Å². The molecule has 0 atom stereocenters. The van der Waals surface area contributed by atoms with Crippen LogP contribution >= 0.6 is 0 Å². The van der Waals surface area contributed by atoms with Gasteiger partial charge in [0.2, 0.25) is 0 Å². The minimum atomic E-state index is -0.488. The molecule has 0 amide bonds. The standard InChI is InChI=1S/C24H34FNO/c1-2-3-4-5-6-7-10-23-11-14-24(15-12-23,16-13-23)19-27-21-9-8-20(18-26)22(25)17-21/h8-9,17H,2-7,10-16,19H2,1H3. The molecule has 1 aromatic rings. The van der Waals surface area contributed by atoms with Gasteiger partial charge in [-0.3, -0.25) is 0 Å². The van der Waals surface area contributed by atoms with Crippen molar-refractivity contribution in [2.75, 3.05) is 6.61 Å². The zero-order valence-electron chi connectivity index (χ0n) is 16.9. The molecule has 0 saturated heterocycles. The molecule has 0 unspecified atom stereocenters. The molecule has 0 aromatic heterocycles. The predicted octanol–water partition coefficient (Wildman–Crippen LogP) is 7.17. The lowest BCUT2D eigenvalue weighted by molar-refractivity contribution is -0.0410. The normalized spacial score (nSPS) is 26.7. The highest BCUT2D eigenvalue weighted by molar-refractivity contribution is 5.36. The van der Waals surface area contributed by atoms with Crippen LogP contribution in [-0.2, 0) is 0 Å². The van der Waals surface area contributed by atoms with E-state index in [-0.39, 0.29) is 11.0 Å². The fraction of sp³-hybridized carbons (Fsp3) is 0.708. The number of hydrogen-bond donors (Lipinski definition) is 0. The summed E-state index contributed by atoms with van der Waals surface area (Å²) in [5.74, 6) is 0.0631. The molecule has 4 rings (SSSR count). The molecule has 3 aliphatic rings. The van der Waals surface area contributed by atoms with E-state index in [2.05, 4.69) is 6.92 Å². The van der Waals surface area contributed by atoms with Gasteiger partial charge in [-0.05, 0) is 62.5 Å². The Kier molecular flexibility index (Phi) is 6.79. The highest BCUT2D eigenvalue weighted by Gasteiger charge is 2.48. The van der Waals surface area contributed by atoms with Crippen LogP contribution in [0.4, 0.5) is 4.39 Å². The third-order valence-electron chi connectivity index (χ3n) is 7.22. The second-order valence-electron chi connectivity index (χ2n) is 9.06. The number of hydrogen-bond acceptors (Lipinski definition) is 2. The number of halogens is 1. The lowest BCUT2D eigenvalue weighted by Crippen LogP contribution is -2.44. The van der Waals surface area contributed by atoms with Gasteiger partial charge in [-0.1, -0.05) is 45.4 Å². The van der Waals surface area contributed by atoms with Gasteiger partial charge in [0, 0.05) is 11.5 Å². The van der Waals surface area contributed by atoms with E-state index in [0.717, 1.165) is 0 Å². The zero-order chi connectivity index (χ0) is 19.2. The average Bonchev–Trinajstić information content (AvgIpc) is 2.71. The molecule has 2 bridgehead atoms. The average molecular weight is 372 g/mol. The van der Waals surface area contributed by atoms with Crippen LogP contribution in [0.25, 0.3) is 0 Å². The Bertz CT molecular complexity index is 638. The minimum Gasteiger partial charge on any atom is -0.493 e. The van der Waals surface area contributed by atoms with Gasteiger partial charge in [0.1, 0.15) is 17.6 Å². The summed E-state index contributed by atoms with van der Waals surface area (Å²) in [7, 11) is 0. The van der Waals surface area contributed by atoms with Gasteiger partial charge in [0.25, 0.3) is 0 Å². The lowest BCUT2D eigenvalue weighted by Gasteiger charge is -2.53. The number of nitrogens with zero attached hydrogens (tertiary/aromatic N) is 1. The molecule has 3 heteroatoms. The van der Waals surface area contributed by atoms with E-state index in [9.17, 15) is 4.39 Å². The van der Waals surface area contributed by atoms with Crippen molar-refractivity contribution in [2.24, 2.45) is 10.8 Å². The number of benzene rings is 1. The van der Waals surface area contributed by atoms with Gasteiger partial charge in [0.15, 0.2) is 0 Å². The molecule has 3 fully saturated rings. The van der Waals surface area contributed by atoms with Crippen LogP contribution in [0.3, 0.4) is 0 Å². The number of ether oxygens (including phenoxy) is 1. The fourth-order valence-electron chi connectivity index (χ4n) is 5.13. The quantitative estimate of drug-likeness (QED) is 0.408. The second-order valence-corrected chi connectivity index (χ2v) is 9.06. The molecule has 0 aliphatic heterocycles. The topological polar surface area (TPSA) is 33.0 Å². The summed E-state index contributed by atoms with van der Waals surface area (Å²) in [4.78, 5) is 0. The van der Waals surface area contributed by atoms with Gasteiger partial charge < -0.3 is 4.74 Å². The van der Waals surface area contributed by atoms with Crippen LogP contribution in [0.2, 0.25) is 0 Å². The van der Waals surface area contributed by atoms with Crippen molar-refractivity contribution in [2.45, 2.75) is 90.4 Å². The van der Waals surface area contributed by atoms with Crippen molar-refractivity contribution in [1.29, 1.82) is 5.26 Å². The Labute approximate surface area is 164 Å². The molecule has 0 N–H and O–H groups in total. The number of nitriles is 1. The predicted molar refractivity (Wildman–Crippen MR) is 107 cm³/mol. The number of unbranched alkanes of at least 4 members (excludes halogenated alkanes) is 5. The first-order valence-electron chi connectivity index (χ1n) is 10.9. The van der Waals surface area contributed by atoms with Crippen LogP contribution in [0.1, 0.15) is 96.0 Å². The van der Waals surface area contributed by atoms with Crippen molar-refractivity contribution >= 4 is 0 Å². The molecule has 2 nitrogen and oxygen atoms in total. The first-order chi connectivity index (χ1) is 13.1.